The number of aromatic carboxylic acids is 1. The zero-order chi connectivity index (χ0) is 25.5. The van der Waals surface area contributed by atoms with Crippen LogP contribution in [0.3, 0.4) is 0 Å². The maximum atomic E-state index is 13.6. The van der Waals surface area contributed by atoms with Crippen molar-refractivity contribution in [3.63, 3.8) is 0 Å². The quantitative estimate of drug-likeness (QED) is 0.491. The highest BCUT2D eigenvalue weighted by Gasteiger charge is 2.42. The third-order valence-corrected chi connectivity index (χ3v) is 6.91. The number of para-hydroxylation sites is 1. The Morgan fingerprint density at radius 2 is 1.84 bits per heavy atom. The average Bonchev–Trinajstić information content (AvgIpc) is 3.54. The van der Waals surface area contributed by atoms with Gasteiger partial charge in [0, 0.05) is 42.3 Å². The highest BCUT2D eigenvalue weighted by Crippen LogP contribution is 2.49. The zero-order valence-corrected chi connectivity index (χ0v) is 20.0. The summed E-state index contributed by atoms with van der Waals surface area (Å²) < 4.78 is 17.0. The number of benzene rings is 3. The zero-order valence-electron chi connectivity index (χ0n) is 20.0. The van der Waals surface area contributed by atoms with Crippen molar-refractivity contribution in [2.45, 2.75) is 12.1 Å². The van der Waals surface area contributed by atoms with E-state index in [-0.39, 0.29) is 30.4 Å². The van der Waals surface area contributed by atoms with Gasteiger partial charge >= 0.3 is 5.97 Å². The van der Waals surface area contributed by atoms with Crippen molar-refractivity contribution < 1.29 is 28.9 Å². The van der Waals surface area contributed by atoms with Crippen LogP contribution >= 0.6 is 0 Å². The van der Waals surface area contributed by atoms with Crippen LogP contribution < -0.4 is 14.8 Å². The Morgan fingerprint density at radius 1 is 1.05 bits per heavy atom. The standard InChI is InChI=1S/C29H24N2O6/c1-35-28-20-4-2-3-5-22(20)30-26-21(28)15-31(27(26)19-11-12-23-24(14-19)37-16-36-23)25(32)13-8-17-6-9-18(10-7-17)29(33)34/h2-14,27-28,30H,15-16H2,1H3,(H,33,34). The van der Waals surface area contributed by atoms with Crippen LogP contribution in [0.25, 0.3) is 6.08 Å². The van der Waals surface area contributed by atoms with E-state index in [9.17, 15) is 9.59 Å². The smallest absolute Gasteiger partial charge is 0.335 e. The first kappa shape index (κ1) is 22.9. The second kappa shape index (κ2) is 9.15. The summed E-state index contributed by atoms with van der Waals surface area (Å²) >= 11 is 0. The van der Waals surface area contributed by atoms with E-state index in [2.05, 4.69) is 5.32 Å². The Bertz CT molecular complexity index is 1460. The maximum Gasteiger partial charge on any atom is 0.335 e. The van der Waals surface area contributed by atoms with Crippen LogP contribution in [0.4, 0.5) is 5.69 Å². The molecule has 0 saturated heterocycles. The average molecular weight is 497 g/mol. The number of fused-ring (bicyclic) bond motifs is 2. The van der Waals surface area contributed by atoms with Gasteiger partial charge in [0.05, 0.1) is 11.6 Å². The minimum atomic E-state index is -0.993. The molecule has 0 aromatic heterocycles. The Hall–Kier alpha value is -4.56. The van der Waals surface area contributed by atoms with Crippen molar-refractivity contribution in [1.82, 2.24) is 4.90 Å². The molecule has 3 heterocycles. The number of amides is 1. The number of hydrogen-bond acceptors (Lipinski definition) is 6. The molecular weight excluding hydrogens is 472 g/mol. The molecular formula is C29H24N2O6. The van der Waals surface area contributed by atoms with Gasteiger partial charge in [0.1, 0.15) is 6.10 Å². The molecule has 2 N–H and O–H groups in total. The first-order valence-corrected chi connectivity index (χ1v) is 11.9. The van der Waals surface area contributed by atoms with Crippen molar-refractivity contribution in [3.05, 3.63) is 106 Å². The first-order valence-electron chi connectivity index (χ1n) is 11.9. The number of nitrogens with one attached hydrogen (secondary N) is 1. The second-order valence-corrected chi connectivity index (χ2v) is 9.01. The molecule has 2 atom stereocenters. The monoisotopic (exact) mass is 496 g/mol. The summed E-state index contributed by atoms with van der Waals surface area (Å²) in [5.41, 5.74) is 5.70. The molecule has 3 aromatic rings. The predicted molar refractivity (Wildman–Crippen MR) is 136 cm³/mol. The van der Waals surface area contributed by atoms with Gasteiger partial charge in [0.15, 0.2) is 11.5 Å². The molecule has 186 valence electrons. The lowest BCUT2D eigenvalue weighted by Gasteiger charge is -2.30. The van der Waals surface area contributed by atoms with E-state index in [1.807, 2.05) is 42.5 Å². The van der Waals surface area contributed by atoms with Crippen LogP contribution in [0.1, 0.15) is 39.2 Å². The maximum absolute atomic E-state index is 13.6. The molecule has 0 aliphatic carbocycles. The highest BCUT2D eigenvalue weighted by molar-refractivity contribution is 5.94. The first-order chi connectivity index (χ1) is 18.0. The van der Waals surface area contributed by atoms with Crippen LogP contribution in [0.2, 0.25) is 0 Å². The number of carbonyl (C=O) groups excluding carboxylic acids is 1. The lowest BCUT2D eigenvalue weighted by molar-refractivity contribution is -0.126. The van der Waals surface area contributed by atoms with Crippen molar-refractivity contribution in [1.29, 1.82) is 0 Å². The summed E-state index contributed by atoms with van der Waals surface area (Å²) in [6.45, 7) is 0.552. The number of rotatable bonds is 5. The summed E-state index contributed by atoms with van der Waals surface area (Å²) in [6.07, 6.45) is 2.93. The number of carbonyl (C=O) groups is 2. The molecule has 0 saturated carbocycles. The van der Waals surface area contributed by atoms with Crippen LogP contribution in [0.5, 0.6) is 11.5 Å². The van der Waals surface area contributed by atoms with Crippen LogP contribution in [0, 0.1) is 0 Å². The predicted octanol–water partition coefficient (Wildman–Crippen LogP) is 4.78. The van der Waals surface area contributed by atoms with Crippen LogP contribution in [-0.4, -0.2) is 42.3 Å². The number of methoxy groups -OCH3 is 1. The van der Waals surface area contributed by atoms with Crippen molar-refractivity contribution in [3.8, 4) is 11.5 Å². The fourth-order valence-corrected chi connectivity index (χ4v) is 5.14. The Labute approximate surface area is 213 Å². The van der Waals surface area contributed by atoms with E-state index in [0.717, 1.165) is 33.6 Å². The van der Waals surface area contributed by atoms with Gasteiger partial charge < -0.3 is 29.5 Å². The molecule has 3 aliphatic heterocycles. The summed E-state index contributed by atoms with van der Waals surface area (Å²) in [5.74, 6) is 0.149. The van der Waals surface area contributed by atoms with Gasteiger partial charge in [0.25, 0.3) is 0 Å². The minimum Gasteiger partial charge on any atom is -0.478 e. The van der Waals surface area contributed by atoms with E-state index in [1.54, 1.807) is 30.2 Å². The summed E-state index contributed by atoms with van der Waals surface area (Å²) in [5, 5.41) is 12.7. The molecule has 0 spiro atoms. The van der Waals surface area contributed by atoms with E-state index >= 15 is 0 Å². The molecule has 37 heavy (non-hydrogen) atoms. The molecule has 0 radical (unpaired) electrons. The molecule has 8 nitrogen and oxygen atoms in total. The fourth-order valence-electron chi connectivity index (χ4n) is 5.14. The third kappa shape index (κ3) is 4.01. The molecule has 0 fully saturated rings. The number of ether oxygens (including phenoxy) is 3. The van der Waals surface area contributed by atoms with Crippen molar-refractivity contribution >= 4 is 23.6 Å². The van der Waals surface area contributed by atoms with E-state index < -0.39 is 5.97 Å². The SMILES string of the molecule is COC1C2=C(Nc3ccccc31)C(c1ccc3c(c1)OCO3)N(C(=O)C=Cc1ccc(C(=O)O)cc1)C2. The number of hydrogen-bond donors (Lipinski definition) is 2. The van der Waals surface area contributed by atoms with E-state index in [0.29, 0.717) is 18.0 Å². The fraction of sp³-hybridized carbons (Fsp3) is 0.172. The van der Waals surface area contributed by atoms with Gasteiger partial charge in [0.2, 0.25) is 12.7 Å². The van der Waals surface area contributed by atoms with Gasteiger partial charge in [-0.1, -0.05) is 36.4 Å². The van der Waals surface area contributed by atoms with E-state index in [1.165, 1.54) is 18.2 Å². The third-order valence-electron chi connectivity index (χ3n) is 6.91. The van der Waals surface area contributed by atoms with Gasteiger partial charge in [-0.05, 0) is 47.5 Å². The molecule has 8 heteroatoms. The van der Waals surface area contributed by atoms with Crippen LogP contribution in [0.15, 0.2) is 84.1 Å². The second-order valence-electron chi connectivity index (χ2n) is 9.01. The molecule has 0 bridgehead atoms. The number of nitrogens with zero attached hydrogens (tertiary/aromatic N) is 1. The Morgan fingerprint density at radius 3 is 2.62 bits per heavy atom. The van der Waals surface area contributed by atoms with Gasteiger partial charge in [-0.25, -0.2) is 4.79 Å². The molecule has 3 aromatic carbocycles. The van der Waals surface area contributed by atoms with Gasteiger partial charge in [-0.15, -0.1) is 0 Å². The van der Waals surface area contributed by atoms with E-state index in [4.69, 9.17) is 19.3 Å². The molecule has 6 rings (SSSR count). The lowest BCUT2D eigenvalue weighted by atomic mass is 9.92. The van der Waals surface area contributed by atoms with Crippen molar-refractivity contribution in [2.75, 3.05) is 25.8 Å². The summed E-state index contributed by atoms with van der Waals surface area (Å²) in [7, 11) is 1.68. The van der Waals surface area contributed by atoms with Crippen molar-refractivity contribution in [2.24, 2.45) is 0 Å². The number of carboxylic acid groups (broad SMARTS) is 1. The number of carboxylic acids is 1. The molecule has 1 amide bonds. The molecule has 3 aliphatic rings. The van der Waals surface area contributed by atoms with Gasteiger partial charge in [-0.2, -0.15) is 0 Å². The highest BCUT2D eigenvalue weighted by atomic mass is 16.7. The van der Waals surface area contributed by atoms with Crippen LogP contribution in [-0.2, 0) is 9.53 Å². The molecule has 2 unspecified atom stereocenters. The summed E-state index contributed by atoms with van der Waals surface area (Å²) in [6, 6.07) is 19.7. The van der Waals surface area contributed by atoms with Gasteiger partial charge in [-0.3, -0.25) is 4.79 Å². The Balaban J connectivity index is 1.36. The lowest BCUT2D eigenvalue weighted by Crippen LogP contribution is -2.31. The normalized spacial score (nSPS) is 19.5. The largest absolute Gasteiger partial charge is 0.478 e. The minimum absolute atomic E-state index is 0.167. The Kier molecular flexibility index (Phi) is 5.65. The number of anilines is 1. The summed E-state index contributed by atoms with van der Waals surface area (Å²) in [4.78, 5) is 26.6. The topological polar surface area (TPSA) is 97.3 Å².